The minimum Gasteiger partial charge on any atom is -0.364 e. The van der Waals surface area contributed by atoms with Crippen molar-refractivity contribution in [2.45, 2.75) is 25.0 Å². The van der Waals surface area contributed by atoms with Crippen LogP contribution in [0.15, 0.2) is 18.2 Å². The summed E-state index contributed by atoms with van der Waals surface area (Å²) in [5, 5.41) is 2.61. The molecule has 3 N–H and O–H groups in total. The molecule has 0 unspecified atom stereocenters. The van der Waals surface area contributed by atoms with Gasteiger partial charge in [0.25, 0.3) is 5.91 Å². The van der Waals surface area contributed by atoms with Gasteiger partial charge in [0, 0.05) is 12.2 Å². The van der Waals surface area contributed by atoms with E-state index >= 15 is 0 Å². The predicted molar refractivity (Wildman–Crippen MR) is 74.2 cm³/mol. The summed E-state index contributed by atoms with van der Waals surface area (Å²) in [7, 11) is 0. The molecule has 1 aliphatic heterocycles. The highest BCUT2D eigenvalue weighted by molar-refractivity contribution is 6.30. The topological polar surface area (TPSA) is 64.4 Å². The van der Waals surface area contributed by atoms with E-state index in [-0.39, 0.29) is 29.4 Å². The van der Waals surface area contributed by atoms with Crippen LogP contribution in [0.3, 0.4) is 0 Å². The first-order chi connectivity index (χ1) is 8.60. The summed E-state index contributed by atoms with van der Waals surface area (Å²) in [5.41, 5.74) is 5.83. The molecule has 4 nitrogen and oxygen atoms in total. The molecule has 106 valence electrons. The Kier molecular flexibility index (Phi) is 6.00. The number of nitrogens with one attached hydrogen (secondary N) is 1. The van der Waals surface area contributed by atoms with Crippen molar-refractivity contribution < 1.29 is 13.9 Å². The van der Waals surface area contributed by atoms with Crippen LogP contribution in [0.2, 0.25) is 5.02 Å². The number of carbonyl (C=O) groups excluding carboxylic acids is 1. The molecule has 1 heterocycles. The first-order valence-corrected chi connectivity index (χ1v) is 6.09. The highest BCUT2D eigenvalue weighted by Gasteiger charge is 2.29. The van der Waals surface area contributed by atoms with Gasteiger partial charge >= 0.3 is 0 Å². The number of halogens is 3. The van der Waals surface area contributed by atoms with Crippen molar-refractivity contribution in [1.82, 2.24) is 0 Å². The zero-order valence-corrected chi connectivity index (χ0v) is 11.6. The summed E-state index contributed by atoms with van der Waals surface area (Å²) in [4.78, 5) is 11.8. The fourth-order valence-corrected chi connectivity index (χ4v) is 1.99. The number of amides is 1. The highest BCUT2D eigenvalue weighted by Crippen LogP contribution is 2.22. The number of hydrogen-bond donors (Lipinski definition) is 2. The molecule has 0 bridgehead atoms. The normalized spacial score (nSPS) is 21.8. The number of nitrogens with two attached hydrogens (primary N) is 1. The van der Waals surface area contributed by atoms with E-state index in [4.69, 9.17) is 22.1 Å². The second-order valence-electron chi connectivity index (χ2n) is 4.18. The molecule has 1 aliphatic rings. The first kappa shape index (κ1) is 16.2. The second-order valence-corrected chi connectivity index (χ2v) is 4.59. The third-order valence-electron chi connectivity index (χ3n) is 2.85. The van der Waals surface area contributed by atoms with Crippen molar-refractivity contribution in [3.63, 3.8) is 0 Å². The molecule has 1 fully saturated rings. The van der Waals surface area contributed by atoms with Crippen LogP contribution in [0.25, 0.3) is 0 Å². The van der Waals surface area contributed by atoms with Crippen LogP contribution in [0.1, 0.15) is 12.8 Å². The monoisotopic (exact) mass is 308 g/mol. The standard InChI is InChI=1S/C12H14ClFN2O2.ClH/c13-9-3-1-7(5-10(9)14)16-12(17)11-4-2-8(6-15)18-11;/h1,3,5,8,11H,2,4,6,15H2,(H,16,17);1H/t8-,11+;/m1./s1. The van der Waals surface area contributed by atoms with Gasteiger partial charge in [0.15, 0.2) is 0 Å². The molecule has 19 heavy (non-hydrogen) atoms. The van der Waals surface area contributed by atoms with Gasteiger partial charge in [-0.1, -0.05) is 11.6 Å². The molecule has 2 rings (SSSR count). The molecule has 0 radical (unpaired) electrons. The molecule has 0 aromatic heterocycles. The summed E-state index contributed by atoms with van der Waals surface area (Å²) in [6.45, 7) is 0.402. The van der Waals surface area contributed by atoms with E-state index in [9.17, 15) is 9.18 Å². The molecule has 0 aliphatic carbocycles. The number of rotatable bonds is 3. The Labute approximate surface area is 121 Å². The van der Waals surface area contributed by atoms with Crippen LogP contribution in [0.4, 0.5) is 10.1 Å². The number of benzene rings is 1. The van der Waals surface area contributed by atoms with Gasteiger partial charge in [-0.05, 0) is 31.0 Å². The third kappa shape index (κ3) is 4.04. The van der Waals surface area contributed by atoms with Gasteiger partial charge in [-0.2, -0.15) is 0 Å². The van der Waals surface area contributed by atoms with E-state index in [1.54, 1.807) is 6.07 Å². The van der Waals surface area contributed by atoms with Crippen LogP contribution in [0.5, 0.6) is 0 Å². The summed E-state index contributed by atoms with van der Waals surface area (Å²) in [6.07, 6.45) is 0.813. The third-order valence-corrected chi connectivity index (χ3v) is 3.16. The Bertz CT molecular complexity index is 459. The fraction of sp³-hybridized carbons (Fsp3) is 0.417. The average molecular weight is 309 g/mol. The molecule has 0 spiro atoms. The van der Waals surface area contributed by atoms with E-state index in [2.05, 4.69) is 5.32 Å². The Morgan fingerprint density at radius 2 is 2.26 bits per heavy atom. The fourth-order valence-electron chi connectivity index (χ4n) is 1.87. The van der Waals surface area contributed by atoms with E-state index < -0.39 is 11.9 Å². The lowest BCUT2D eigenvalue weighted by Crippen LogP contribution is -2.29. The second kappa shape index (κ2) is 7.05. The number of hydrogen-bond acceptors (Lipinski definition) is 3. The Balaban J connectivity index is 0.00000180. The Hall–Kier alpha value is -0.880. The maximum Gasteiger partial charge on any atom is 0.253 e. The van der Waals surface area contributed by atoms with Crippen LogP contribution in [-0.2, 0) is 9.53 Å². The summed E-state index contributed by atoms with van der Waals surface area (Å²) in [6, 6.07) is 4.11. The van der Waals surface area contributed by atoms with Crippen molar-refractivity contribution in [2.75, 3.05) is 11.9 Å². The molecule has 1 aromatic carbocycles. The van der Waals surface area contributed by atoms with Gasteiger partial charge < -0.3 is 15.8 Å². The highest BCUT2D eigenvalue weighted by atomic mass is 35.5. The lowest BCUT2D eigenvalue weighted by molar-refractivity contribution is -0.126. The molecule has 1 saturated heterocycles. The van der Waals surface area contributed by atoms with Crippen molar-refractivity contribution in [1.29, 1.82) is 0 Å². The molecule has 1 aromatic rings. The van der Waals surface area contributed by atoms with Crippen molar-refractivity contribution in [3.8, 4) is 0 Å². The molecule has 1 amide bonds. The van der Waals surface area contributed by atoms with Gasteiger partial charge in [0.1, 0.15) is 11.9 Å². The average Bonchev–Trinajstić information content (AvgIpc) is 2.82. The van der Waals surface area contributed by atoms with Crippen molar-refractivity contribution >= 4 is 35.6 Å². The molecule has 7 heteroatoms. The minimum atomic E-state index is -0.568. The van der Waals surface area contributed by atoms with Crippen LogP contribution in [-0.4, -0.2) is 24.7 Å². The van der Waals surface area contributed by atoms with E-state index in [1.807, 2.05) is 0 Å². The molecule has 2 atom stereocenters. The van der Waals surface area contributed by atoms with Gasteiger partial charge in [-0.25, -0.2) is 4.39 Å². The summed E-state index contributed by atoms with van der Waals surface area (Å²) < 4.78 is 18.6. The summed E-state index contributed by atoms with van der Waals surface area (Å²) in [5.74, 6) is -0.852. The van der Waals surface area contributed by atoms with Crippen LogP contribution < -0.4 is 11.1 Å². The lowest BCUT2D eigenvalue weighted by atomic mass is 10.2. The van der Waals surface area contributed by atoms with Crippen LogP contribution >= 0.6 is 24.0 Å². The first-order valence-electron chi connectivity index (χ1n) is 5.71. The molecule has 0 saturated carbocycles. The number of anilines is 1. The summed E-state index contributed by atoms with van der Waals surface area (Å²) >= 11 is 5.56. The van der Waals surface area contributed by atoms with Crippen LogP contribution in [0, 0.1) is 5.82 Å². The van der Waals surface area contributed by atoms with Gasteiger partial charge in [-0.15, -0.1) is 12.4 Å². The maximum absolute atomic E-state index is 13.2. The van der Waals surface area contributed by atoms with E-state index in [0.717, 1.165) is 6.42 Å². The zero-order valence-electron chi connectivity index (χ0n) is 10.1. The van der Waals surface area contributed by atoms with Gasteiger partial charge in [-0.3, -0.25) is 4.79 Å². The number of carbonyl (C=O) groups is 1. The predicted octanol–water partition coefficient (Wildman–Crippen LogP) is 2.35. The zero-order chi connectivity index (χ0) is 13.1. The van der Waals surface area contributed by atoms with Gasteiger partial charge in [0.05, 0.1) is 11.1 Å². The number of ether oxygens (including phenoxy) is 1. The Morgan fingerprint density at radius 3 is 2.84 bits per heavy atom. The SMILES string of the molecule is Cl.NC[C@H]1CC[C@@H](C(=O)Nc2ccc(Cl)c(F)c2)O1. The van der Waals surface area contributed by atoms with Crippen molar-refractivity contribution in [3.05, 3.63) is 29.0 Å². The quantitative estimate of drug-likeness (QED) is 0.901. The Morgan fingerprint density at radius 1 is 1.53 bits per heavy atom. The van der Waals surface area contributed by atoms with E-state index in [0.29, 0.717) is 18.7 Å². The van der Waals surface area contributed by atoms with Crippen molar-refractivity contribution in [2.24, 2.45) is 5.73 Å². The smallest absolute Gasteiger partial charge is 0.253 e. The molecular weight excluding hydrogens is 294 g/mol. The molecular formula is C12H15Cl2FN2O2. The minimum absolute atomic E-state index is 0. The van der Waals surface area contributed by atoms with Gasteiger partial charge in [0.2, 0.25) is 0 Å². The largest absolute Gasteiger partial charge is 0.364 e. The van der Waals surface area contributed by atoms with E-state index in [1.165, 1.54) is 12.1 Å². The maximum atomic E-state index is 13.2. The lowest BCUT2D eigenvalue weighted by Gasteiger charge is -2.12.